The number of aryl methyl sites for hydroxylation is 1. The molecule has 0 bridgehead atoms. The van der Waals surface area contributed by atoms with Gasteiger partial charge in [-0.3, -0.25) is 11.3 Å². The smallest absolute Gasteiger partial charge is 0.111 e. The van der Waals surface area contributed by atoms with Crippen molar-refractivity contribution < 1.29 is 4.74 Å². The molecule has 1 fully saturated rings. The Bertz CT molecular complexity index is 589. The van der Waals surface area contributed by atoms with Crippen LogP contribution in [0.3, 0.4) is 0 Å². The fourth-order valence-electron chi connectivity index (χ4n) is 3.28. The van der Waals surface area contributed by atoms with Crippen molar-refractivity contribution in [1.82, 2.24) is 15.0 Å². The van der Waals surface area contributed by atoms with Gasteiger partial charge in [-0.1, -0.05) is 12.1 Å². The van der Waals surface area contributed by atoms with Gasteiger partial charge >= 0.3 is 0 Å². The molecule has 2 unspecified atom stereocenters. The Balaban J connectivity index is 1.85. The lowest BCUT2D eigenvalue weighted by Crippen LogP contribution is -2.45. The first kappa shape index (κ1) is 14.5. The summed E-state index contributed by atoms with van der Waals surface area (Å²) >= 11 is 0. The summed E-state index contributed by atoms with van der Waals surface area (Å²) in [4.78, 5) is 4.79. The Labute approximate surface area is 125 Å². The van der Waals surface area contributed by atoms with Gasteiger partial charge in [0.25, 0.3) is 0 Å². The van der Waals surface area contributed by atoms with Gasteiger partial charge in [-0.05, 0) is 37.8 Å². The highest BCUT2D eigenvalue weighted by Crippen LogP contribution is 2.22. The van der Waals surface area contributed by atoms with Crippen LogP contribution in [0.15, 0.2) is 24.3 Å². The maximum Gasteiger partial charge on any atom is 0.111 e. The predicted molar refractivity (Wildman–Crippen MR) is 83.8 cm³/mol. The fraction of sp³-hybridized carbons (Fsp3) is 0.562. The third-order valence-electron chi connectivity index (χ3n) is 4.43. The molecular weight excluding hydrogens is 264 g/mol. The number of para-hydroxylation sites is 2. The van der Waals surface area contributed by atoms with Gasteiger partial charge in [0, 0.05) is 25.6 Å². The zero-order chi connectivity index (χ0) is 14.7. The zero-order valence-electron chi connectivity index (χ0n) is 12.6. The maximum atomic E-state index is 5.79. The van der Waals surface area contributed by atoms with Crippen LogP contribution in [0.4, 0.5) is 0 Å². The van der Waals surface area contributed by atoms with Gasteiger partial charge in [0.2, 0.25) is 0 Å². The highest BCUT2D eigenvalue weighted by atomic mass is 16.5. The third-order valence-corrected chi connectivity index (χ3v) is 4.43. The summed E-state index contributed by atoms with van der Waals surface area (Å²) in [7, 11) is 0. The molecule has 5 nitrogen and oxygen atoms in total. The highest BCUT2D eigenvalue weighted by molar-refractivity contribution is 5.75. The van der Waals surface area contributed by atoms with Crippen molar-refractivity contribution in [2.24, 2.45) is 11.8 Å². The second kappa shape index (κ2) is 6.56. The van der Waals surface area contributed by atoms with Gasteiger partial charge in [0.1, 0.15) is 5.82 Å². The zero-order valence-corrected chi connectivity index (χ0v) is 12.6. The van der Waals surface area contributed by atoms with Gasteiger partial charge in [-0.15, -0.1) is 0 Å². The van der Waals surface area contributed by atoms with Crippen LogP contribution in [0, 0.1) is 5.92 Å². The number of benzene rings is 1. The molecule has 1 aliphatic rings. The number of ether oxygens (including phenoxy) is 1. The molecule has 0 radical (unpaired) electrons. The highest BCUT2D eigenvalue weighted by Gasteiger charge is 2.25. The predicted octanol–water partition coefficient (Wildman–Crippen LogP) is 1.86. The lowest BCUT2D eigenvalue weighted by atomic mass is 9.92. The average molecular weight is 288 g/mol. The van der Waals surface area contributed by atoms with Crippen LogP contribution in [0.5, 0.6) is 0 Å². The summed E-state index contributed by atoms with van der Waals surface area (Å²) in [6, 6.07) is 8.51. The van der Waals surface area contributed by atoms with E-state index in [-0.39, 0.29) is 6.04 Å². The van der Waals surface area contributed by atoms with Crippen molar-refractivity contribution in [2.75, 3.05) is 13.2 Å². The number of hydrazine groups is 1. The molecule has 2 heterocycles. The number of imidazole rings is 1. The molecule has 0 spiro atoms. The Morgan fingerprint density at radius 2 is 2.33 bits per heavy atom. The van der Waals surface area contributed by atoms with Crippen LogP contribution < -0.4 is 11.3 Å². The lowest BCUT2D eigenvalue weighted by molar-refractivity contribution is 0.0389. The van der Waals surface area contributed by atoms with E-state index in [1.54, 1.807) is 0 Å². The van der Waals surface area contributed by atoms with Crippen LogP contribution in [-0.2, 0) is 17.7 Å². The number of fused-ring (bicyclic) bond motifs is 1. The normalized spacial score (nSPS) is 20.8. The van der Waals surface area contributed by atoms with E-state index in [4.69, 9.17) is 15.6 Å². The first-order chi connectivity index (χ1) is 10.3. The first-order valence-corrected chi connectivity index (χ1v) is 7.81. The lowest BCUT2D eigenvalue weighted by Gasteiger charge is -2.29. The molecule has 1 saturated heterocycles. The maximum absolute atomic E-state index is 5.79. The minimum absolute atomic E-state index is 0.215. The van der Waals surface area contributed by atoms with Gasteiger partial charge in [0.15, 0.2) is 0 Å². The molecule has 21 heavy (non-hydrogen) atoms. The Kier molecular flexibility index (Phi) is 4.53. The number of rotatable bonds is 5. The largest absolute Gasteiger partial charge is 0.381 e. The van der Waals surface area contributed by atoms with E-state index in [0.717, 1.165) is 43.9 Å². The van der Waals surface area contributed by atoms with Crippen molar-refractivity contribution in [3.63, 3.8) is 0 Å². The van der Waals surface area contributed by atoms with E-state index in [0.29, 0.717) is 5.92 Å². The number of hydrogen-bond acceptors (Lipinski definition) is 4. The van der Waals surface area contributed by atoms with Crippen molar-refractivity contribution in [3.8, 4) is 0 Å². The molecule has 0 saturated carbocycles. The van der Waals surface area contributed by atoms with Gasteiger partial charge in [-0.25, -0.2) is 4.98 Å². The number of nitrogens with two attached hydrogens (primary N) is 1. The summed E-state index contributed by atoms with van der Waals surface area (Å²) in [5, 5.41) is 0. The summed E-state index contributed by atoms with van der Waals surface area (Å²) in [5.74, 6) is 7.37. The Morgan fingerprint density at radius 3 is 3.05 bits per heavy atom. The molecule has 2 atom stereocenters. The monoisotopic (exact) mass is 288 g/mol. The van der Waals surface area contributed by atoms with Crippen LogP contribution >= 0.6 is 0 Å². The number of hydrogen-bond donors (Lipinski definition) is 2. The summed E-state index contributed by atoms with van der Waals surface area (Å²) < 4.78 is 7.88. The average Bonchev–Trinajstić information content (AvgIpc) is 2.90. The second-order valence-corrected chi connectivity index (χ2v) is 5.72. The molecule has 2 aromatic rings. The standard InChI is InChI=1S/C16H24N4O/c1-2-20-15-8-4-3-7-13(15)18-16(20)10-14(19-17)12-6-5-9-21-11-12/h3-4,7-8,12,14,19H,2,5-6,9-11,17H2,1H3. The topological polar surface area (TPSA) is 65.1 Å². The molecule has 0 aliphatic carbocycles. The minimum atomic E-state index is 0.215. The van der Waals surface area contributed by atoms with Crippen molar-refractivity contribution in [1.29, 1.82) is 0 Å². The molecule has 3 N–H and O–H groups in total. The molecule has 5 heteroatoms. The van der Waals surface area contributed by atoms with E-state index in [2.05, 4.69) is 35.1 Å². The summed E-state index contributed by atoms with van der Waals surface area (Å²) in [6.45, 7) is 4.75. The quantitative estimate of drug-likeness (QED) is 0.651. The van der Waals surface area contributed by atoms with E-state index < -0.39 is 0 Å². The van der Waals surface area contributed by atoms with Crippen molar-refractivity contribution >= 4 is 11.0 Å². The molecule has 1 aromatic carbocycles. The molecule has 3 rings (SSSR count). The third kappa shape index (κ3) is 2.95. The minimum Gasteiger partial charge on any atom is -0.381 e. The van der Waals surface area contributed by atoms with Crippen molar-refractivity contribution in [3.05, 3.63) is 30.1 Å². The van der Waals surface area contributed by atoms with Gasteiger partial charge < -0.3 is 9.30 Å². The first-order valence-electron chi connectivity index (χ1n) is 7.81. The van der Waals surface area contributed by atoms with Gasteiger partial charge in [-0.2, -0.15) is 0 Å². The summed E-state index contributed by atoms with van der Waals surface area (Å²) in [6.07, 6.45) is 3.13. The number of nitrogens with zero attached hydrogens (tertiary/aromatic N) is 2. The molecule has 1 aromatic heterocycles. The molecule has 114 valence electrons. The Hall–Kier alpha value is -1.43. The fourth-order valence-corrected chi connectivity index (χ4v) is 3.28. The Morgan fingerprint density at radius 1 is 1.48 bits per heavy atom. The number of nitrogens with one attached hydrogen (secondary N) is 1. The van der Waals surface area contributed by atoms with Crippen LogP contribution in [0.1, 0.15) is 25.6 Å². The van der Waals surface area contributed by atoms with E-state index in [1.165, 1.54) is 11.9 Å². The molecule has 1 aliphatic heterocycles. The molecular formula is C16H24N4O. The van der Waals surface area contributed by atoms with E-state index in [1.807, 2.05) is 6.07 Å². The van der Waals surface area contributed by atoms with Crippen LogP contribution in [0.2, 0.25) is 0 Å². The van der Waals surface area contributed by atoms with Crippen LogP contribution in [-0.4, -0.2) is 28.8 Å². The van der Waals surface area contributed by atoms with E-state index in [9.17, 15) is 0 Å². The van der Waals surface area contributed by atoms with Crippen LogP contribution in [0.25, 0.3) is 11.0 Å². The van der Waals surface area contributed by atoms with Gasteiger partial charge in [0.05, 0.1) is 17.6 Å². The number of aromatic nitrogens is 2. The second-order valence-electron chi connectivity index (χ2n) is 5.72. The summed E-state index contributed by atoms with van der Waals surface area (Å²) in [5.41, 5.74) is 5.24. The molecule has 0 amide bonds. The SMILES string of the molecule is CCn1c(CC(NN)C2CCCOC2)nc2ccccc21. The van der Waals surface area contributed by atoms with Crippen molar-refractivity contribution in [2.45, 2.75) is 38.8 Å². The van der Waals surface area contributed by atoms with E-state index >= 15 is 0 Å².